The van der Waals surface area contributed by atoms with Crippen LogP contribution in [0.15, 0.2) is 12.3 Å². The molecule has 0 aliphatic heterocycles. The van der Waals surface area contributed by atoms with Gasteiger partial charge in [0.05, 0.1) is 11.9 Å². The zero-order valence-corrected chi connectivity index (χ0v) is 11.0. The molecule has 0 aliphatic rings. The average molecular weight is 227 g/mol. The smallest absolute Gasteiger partial charge is 0.217 e. The fourth-order valence-electron chi connectivity index (χ4n) is 1.43. The first-order valence-corrected chi connectivity index (χ1v) is 6.11. The monoisotopic (exact) mass is 227 g/mol. The standard InChI is InChI=1S/C13H25NO2/c1-6-10(3)16-11(4)8-9-13(7-2)14-12(5)15/h10,13H,4,6-9H2,1-3,5H3,(H,14,15). The lowest BCUT2D eigenvalue weighted by molar-refractivity contribution is -0.119. The lowest BCUT2D eigenvalue weighted by atomic mass is 10.1. The number of ether oxygens (including phenoxy) is 1. The molecule has 0 spiro atoms. The van der Waals surface area contributed by atoms with Crippen LogP contribution < -0.4 is 5.32 Å². The van der Waals surface area contributed by atoms with Crippen molar-refractivity contribution in [1.29, 1.82) is 0 Å². The van der Waals surface area contributed by atoms with E-state index in [4.69, 9.17) is 4.74 Å². The largest absolute Gasteiger partial charge is 0.496 e. The highest BCUT2D eigenvalue weighted by Gasteiger charge is 2.09. The molecule has 0 heterocycles. The van der Waals surface area contributed by atoms with Gasteiger partial charge in [0.1, 0.15) is 0 Å². The van der Waals surface area contributed by atoms with Crippen LogP contribution in [0.3, 0.4) is 0 Å². The fourth-order valence-corrected chi connectivity index (χ4v) is 1.43. The molecule has 3 heteroatoms. The van der Waals surface area contributed by atoms with E-state index in [9.17, 15) is 4.79 Å². The van der Waals surface area contributed by atoms with Crippen LogP contribution in [0.2, 0.25) is 0 Å². The number of nitrogens with one attached hydrogen (secondary N) is 1. The maximum atomic E-state index is 10.9. The van der Waals surface area contributed by atoms with Crippen LogP contribution in [0.1, 0.15) is 53.4 Å². The van der Waals surface area contributed by atoms with Gasteiger partial charge in [-0.25, -0.2) is 0 Å². The Hall–Kier alpha value is -0.990. The van der Waals surface area contributed by atoms with E-state index in [1.807, 2.05) is 6.92 Å². The molecule has 2 unspecified atom stereocenters. The van der Waals surface area contributed by atoms with Crippen molar-refractivity contribution >= 4 is 5.91 Å². The normalized spacial score (nSPS) is 14.0. The molecule has 0 aliphatic carbocycles. The predicted octanol–water partition coefficient (Wildman–Crippen LogP) is 3.01. The lowest BCUT2D eigenvalue weighted by Gasteiger charge is -2.18. The van der Waals surface area contributed by atoms with Crippen molar-refractivity contribution in [1.82, 2.24) is 5.32 Å². The van der Waals surface area contributed by atoms with Gasteiger partial charge in [-0.3, -0.25) is 4.79 Å². The van der Waals surface area contributed by atoms with Crippen LogP contribution in [0.5, 0.6) is 0 Å². The first-order valence-electron chi connectivity index (χ1n) is 6.11. The number of hydrogen-bond donors (Lipinski definition) is 1. The van der Waals surface area contributed by atoms with Crippen LogP contribution in [-0.4, -0.2) is 18.1 Å². The van der Waals surface area contributed by atoms with E-state index in [0.717, 1.165) is 31.4 Å². The Morgan fingerprint density at radius 2 is 2.00 bits per heavy atom. The summed E-state index contributed by atoms with van der Waals surface area (Å²) in [6.45, 7) is 11.6. The van der Waals surface area contributed by atoms with E-state index in [1.54, 1.807) is 6.92 Å². The second-order valence-corrected chi connectivity index (χ2v) is 4.22. The number of carbonyl (C=O) groups excluding carboxylic acids is 1. The second-order valence-electron chi connectivity index (χ2n) is 4.22. The summed E-state index contributed by atoms with van der Waals surface area (Å²) in [4.78, 5) is 10.9. The third-order valence-electron chi connectivity index (χ3n) is 2.61. The van der Waals surface area contributed by atoms with E-state index in [0.29, 0.717) is 0 Å². The molecule has 0 fully saturated rings. The molecule has 16 heavy (non-hydrogen) atoms. The van der Waals surface area contributed by atoms with Crippen molar-refractivity contribution in [2.45, 2.75) is 65.5 Å². The molecule has 3 nitrogen and oxygen atoms in total. The zero-order chi connectivity index (χ0) is 12.6. The van der Waals surface area contributed by atoms with E-state index in [1.165, 1.54) is 0 Å². The minimum absolute atomic E-state index is 0.0281. The van der Waals surface area contributed by atoms with Crippen LogP contribution in [-0.2, 0) is 9.53 Å². The number of rotatable bonds is 8. The molecule has 0 bridgehead atoms. The Labute approximate surface area is 99.3 Å². The summed E-state index contributed by atoms with van der Waals surface area (Å²) in [6.07, 6.45) is 3.86. The SMILES string of the molecule is C=C(CCC(CC)NC(C)=O)OC(C)CC. The van der Waals surface area contributed by atoms with Gasteiger partial charge in [-0.05, 0) is 26.2 Å². The predicted molar refractivity (Wildman–Crippen MR) is 67.1 cm³/mol. The topological polar surface area (TPSA) is 38.3 Å². The highest BCUT2D eigenvalue weighted by atomic mass is 16.5. The molecule has 0 rings (SSSR count). The summed E-state index contributed by atoms with van der Waals surface area (Å²) in [5.74, 6) is 0.846. The van der Waals surface area contributed by atoms with Gasteiger partial charge in [-0.2, -0.15) is 0 Å². The lowest BCUT2D eigenvalue weighted by Crippen LogP contribution is -2.32. The molecule has 0 saturated heterocycles. The Bertz CT molecular complexity index is 226. The molecule has 0 aromatic carbocycles. The van der Waals surface area contributed by atoms with Crippen molar-refractivity contribution in [2.24, 2.45) is 0 Å². The highest BCUT2D eigenvalue weighted by molar-refractivity contribution is 5.73. The maximum absolute atomic E-state index is 10.9. The average Bonchev–Trinajstić information content (AvgIpc) is 2.23. The quantitative estimate of drug-likeness (QED) is 0.647. The summed E-state index contributed by atoms with van der Waals surface area (Å²) in [6, 6.07) is 0.231. The molecular weight excluding hydrogens is 202 g/mol. The number of carbonyl (C=O) groups is 1. The Morgan fingerprint density at radius 3 is 2.44 bits per heavy atom. The summed E-state index contributed by atoms with van der Waals surface area (Å²) >= 11 is 0. The van der Waals surface area contributed by atoms with Crippen LogP contribution >= 0.6 is 0 Å². The molecule has 1 N–H and O–H groups in total. The third kappa shape index (κ3) is 7.32. The molecule has 0 aromatic rings. The van der Waals surface area contributed by atoms with Gasteiger partial charge in [0, 0.05) is 19.4 Å². The molecule has 94 valence electrons. The molecule has 0 saturated carbocycles. The number of amides is 1. The molecule has 2 atom stereocenters. The molecule has 1 amide bonds. The van der Waals surface area contributed by atoms with Crippen molar-refractivity contribution in [3.63, 3.8) is 0 Å². The Kier molecular flexibility index (Phi) is 7.69. The highest BCUT2D eigenvalue weighted by Crippen LogP contribution is 2.12. The van der Waals surface area contributed by atoms with Crippen LogP contribution in [0.4, 0.5) is 0 Å². The minimum atomic E-state index is 0.0281. The van der Waals surface area contributed by atoms with Crippen molar-refractivity contribution in [3.05, 3.63) is 12.3 Å². The summed E-state index contributed by atoms with van der Waals surface area (Å²) in [7, 11) is 0. The minimum Gasteiger partial charge on any atom is -0.496 e. The van der Waals surface area contributed by atoms with Crippen LogP contribution in [0.25, 0.3) is 0 Å². The zero-order valence-electron chi connectivity index (χ0n) is 11.0. The molecule has 0 radical (unpaired) electrons. The third-order valence-corrected chi connectivity index (χ3v) is 2.61. The van der Waals surface area contributed by atoms with Gasteiger partial charge in [0.2, 0.25) is 5.91 Å². The summed E-state index contributed by atoms with van der Waals surface area (Å²) in [5.41, 5.74) is 0. The number of hydrogen-bond acceptors (Lipinski definition) is 2. The number of allylic oxidation sites excluding steroid dienone is 1. The summed E-state index contributed by atoms with van der Waals surface area (Å²) < 4.78 is 5.59. The van der Waals surface area contributed by atoms with Gasteiger partial charge in [0.15, 0.2) is 0 Å². The van der Waals surface area contributed by atoms with Crippen molar-refractivity contribution in [3.8, 4) is 0 Å². The Morgan fingerprint density at radius 1 is 1.38 bits per heavy atom. The van der Waals surface area contributed by atoms with E-state index < -0.39 is 0 Å². The first-order chi connectivity index (χ1) is 7.49. The first kappa shape index (κ1) is 15.0. The van der Waals surface area contributed by atoms with E-state index in [2.05, 4.69) is 25.7 Å². The van der Waals surface area contributed by atoms with Gasteiger partial charge >= 0.3 is 0 Å². The van der Waals surface area contributed by atoms with E-state index >= 15 is 0 Å². The van der Waals surface area contributed by atoms with Gasteiger partial charge < -0.3 is 10.1 Å². The van der Waals surface area contributed by atoms with Crippen LogP contribution in [0, 0.1) is 0 Å². The summed E-state index contributed by atoms with van der Waals surface area (Å²) in [5, 5.41) is 2.92. The van der Waals surface area contributed by atoms with Gasteiger partial charge in [-0.1, -0.05) is 20.4 Å². The second kappa shape index (κ2) is 8.20. The van der Waals surface area contributed by atoms with Crippen molar-refractivity contribution in [2.75, 3.05) is 0 Å². The van der Waals surface area contributed by atoms with Crippen molar-refractivity contribution < 1.29 is 9.53 Å². The molecule has 0 aromatic heterocycles. The van der Waals surface area contributed by atoms with E-state index in [-0.39, 0.29) is 18.1 Å². The molecular formula is C13H25NO2. The fraction of sp³-hybridized carbons (Fsp3) is 0.769. The Balaban J connectivity index is 3.83. The van der Waals surface area contributed by atoms with Gasteiger partial charge in [-0.15, -0.1) is 0 Å². The van der Waals surface area contributed by atoms with Gasteiger partial charge in [0.25, 0.3) is 0 Å². The maximum Gasteiger partial charge on any atom is 0.217 e.